The average Bonchev–Trinajstić information content (AvgIpc) is 2.85. The first kappa shape index (κ1) is 23.4. The summed E-state index contributed by atoms with van der Waals surface area (Å²) < 4.78 is 40.7. The summed E-state index contributed by atoms with van der Waals surface area (Å²) in [4.78, 5) is 27.2. The SMILES string of the molecule is O=C(NC1CCN(C(=O)c2cccc(NS(=O)(=O)c3ccccc3)c2)CC1)c1ccc(F)cc1. The fourth-order valence-electron chi connectivity index (χ4n) is 3.81. The maximum absolute atomic E-state index is 13.0. The second-order valence-corrected chi connectivity index (χ2v) is 9.73. The van der Waals surface area contributed by atoms with Crippen molar-refractivity contribution >= 4 is 27.5 Å². The number of nitrogens with one attached hydrogen (secondary N) is 2. The van der Waals surface area contributed by atoms with Gasteiger partial charge in [0.1, 0.15) is 5.82 Å². The minimum absolute atomic E-state index is 0.0920. The maximum Gasteiger partial charge on any atom is 0.261 e. The molecule has 2 N–H and O–H groups in total. The van der Waals surface area contributed by atoms with Crippen LogP contribution in [0.25, 0.3) is 0 Å². The first-order valence-corrected chi connectivity index (χ1v) is 12.3. The standard InChI is InChI=1S/C25H24FN3O4S/c26-20-11-9-18(10-12-20)24(30)27-21-13-15-29(16-14-21)25(31)19-5-4-6-22(17-19)28-34(32,33)23-7-2-1-3-8-23/h1-12,17,21,28H,13-16H2,(H,27,30). The molecule has 1 saturated heterocycles. The first-order valence-electron chi connectivity index (χ1n) is 10.9. The lowest BCUT2D eigenvalue weighted by Gasteiger charge is -2.32. The molecule has 3 aromatic rings. The third-order valence-corrected chi connectivity index (χ3v) is 7.04. The molecule has 0 bridgehead atoms. The highest BCUT2D eigenvalue weighted by Crippen LogP contribution is 2.20. The summed E-state index contributed by atoms with van der Waals surface area (Å²) in [6, 6.07) is 19.6. The molecular formula is C25H24FN3O4S. The number of likely N-dealkylation sites (tertiary alicyclic amines) is 1. The van der Waals surface area contributed by atoms with Crippen LogP contribution in [0.1, 0.15) is 33.6 Å². The monoisotopic (exact) mass is 481 g/mol. The summed E-state index contributed by atoms with van der Waals surface area (Å²) in [7, 11) is -3.76. The van der Waals surface area contributed by atoms with Crippen LogP contribution in [0.15, 0.2) is 83.8 Å². The summed E-state index contributed by atoms with van der Waals surface area (Å²) in [6.07, 6.45) is 1.16. The molecule has 2 amide bonds. The Hall–Kier alpha value is -3.72. The molecule has 0 spiro atoms. The Bertz CT molecular complexity index is 1270. The van der Waals surface area contributed by atoms with Gasteiger partial charge in [0.2, 0.25) is 0 Å². The number of carbonyl (C=O) groups is 2. The van der Waals surface area contributed by atoms with Crippen LogP contribution in [0.4, 0.5) is 10.1 Å². The third-order valence-electron chi connectivity index (χ3n) is 5.64. The van der Waals surface area contributed by atoms with Gasteiger partial charge in [-0.1, -0.05) is 24.3 Å². The zero-order chi connectivity index (χ0) is 24.1. The van der Waals surface area contributed by atoms with Crippen LogP contribution in [-0.2, 0) is 10.0 Å². The van der Waals surface area contributed by atoms with Gasteiger partial charge in [0.25, 0.3) is 21.8 Å². The van der Waals surface area contributed by atoms with Gasteiger partial charge >= 0.3 is 0 Å². The second-order valence-electron chi connectivity index (χ2n) is 8.05. The van der Waals surface area contributed by atoms with E-state index in [0.29, 0.717) is 42.7 Å². The second kappa shape index (κ2) is 10.0. The Labute approximate surface area is 197 Å². The van der Waals surface area contributed by atoms with Gasteiger partial charge in [0, 0.05) is 35.9 Å². The molecule has 3 aromatic carbocycles. The van der Waals surface area contributed by atoms with E-state index in [2.05, 4.69) is 10.0 Å². The summed E-state index contributed by atoms with van der Waals surface area (Å²) in [5, 5.41) is 2.93. The average molecular weight is 482 g/mol. The molecule has 9 heteroatoms. The van der Waals surface area contributed by atoms with Crippen molar-refractivity contribution in [3.63, 3.8) is 0 Å². The van der Waals surface area contributed by atoms with Gasteiger partial charge in [-0.15, -0.1) is 0 Å². The number of amides is 2. The summed E-state index contributed by atoms with van der Waals surface area (Å²) >= 11 is 0. The molecule has 176 valence electrons. The van der Waals surface area contributed by atoms with E-state index in [-0.39, 0.29) is 22.8 Å². The van der Waals surface area contributed by atoms with E-state index in [0.717, 1.165) is 0 Å². The number of hydrogen-bond acceptors (Lipinski definition) is 4. The molecule has 1 fully saturated rings. The van der Waals surface area contributed by atoms with Gasteiger partial charge in [-0.25, -0.2) is 12.8 Å². The number of carbonyl (C=O) groups excluding carboxylic acids is 2. The molecule has 1 aliphatic rings. The van der Waals surface area contributed by atoms with Crippen LogP contribution in [0.3, 0.4) is 0 Å². The van der Waals surface area contributed by atoms with Gasteiger partial charge in [-0.2, -0.15) is 0 Å². The molecule has 7 nitrogen and oxygen atoms in total. The van der Waals surface area contributed by atoms with Gasteiger partial charge in [0.15, 0.2) is 0 Å². The summed E-state index contributed by atoms with van der Waals surface area (Å²) in [6.45, 7) is 0.903. The van der Waals surface area contributed by atoms with Crippen LogP contribution in [0.5, 0.6) is 0 Å². The largest absolute Gasteiger partial charge is 0.349 e. The van der Waals surface area contributed by atoms with E-state index in [1.165, 1.54) is 42.5 Å². The molecule has 34 heavy (non-hydrogen) atoms. The smallest absolute Gasteiger partial charge is 0.261 e. The van der Waals surface area contributed by atoms with Crippen molar-refractivity contribution in [2.75, 3.05) is 17.8 Å². The Balaban J connectivity index is 1.35. The Kier molecular flexibility index (Phi) is 6.93. The molecule has 1 heterocycles. The third kappa shape index (κ3) is 5.60. The Morgan fingerprint density at radius 1 is 0.853 bits per heavy atom. The van der Waals surface area contributed by atoms with Crippen molar-refractivity contribution in [3.8, 4) is 0 Å². The van der Waals surface area contributed by atoms with E-state index in [4.69, 9.17) is 0 Å². The van der Waals surface area contributed by atoms with Gasteiger partial charge in [-0.05, 0) is 67.4 Å². The number of sulfonamides is 1. The highest BCUT2D eigenvalue weighted by molar-refractivity contribution is 7.92. The van der Waals surface area contributed by atoms with Crippen molar-refractivity contribution in [2.24, 2.45) is 0 Å². The van der Waals surface area contributed by atoms with E-state index >= 15 is 0 Å². The summed E-state index contributed by atoms with van der Waals surface area (Å²) in [5.41, 5.74) is 1.06. The lowest BCUT2D eigenvalue weighted by molar-refractivity contribution is 0.0698. The number of halogens is 1. The Morgan fingerprint density at radius 2 is 1.53 bits per heavy atom. The van der Waals surface area contributed by atoms with Gasteiger partial charge in [-0.3, -0.25) is 14.3 Å². The molecule has 1 aliphatic heterocycles. The number of rotatable bonds is 6. The highest BCUT2D eigenvalue weighted by Gasteiger charge is 2.25. The van der Waals surface area contributed by atoms with Gasteiger partial charge in [0.05, 0.1) is 4.90 Å². The van der Waals surface area contributed by atoms with Crippen LogP contribution in [0, 0.1) is 5.82 Å². The number of benzene rings is 3. The Morgan fingerprint density at radius 3 is 2.21 bits per heavy atom. The van der Waals surface area contributed by atoms with Crippen LogP contribution >= 0.6 is 0 Å². The van der Waals surface area contributed by atoms with E-state index < -0.39 is 15.8 Å². The van der Waals surface area contributed by atoms with Gasteiger partial charge < -0.3 is 10.2 Å². The maximum atomic E-state index is 13.0. The van der Waals surface area contributed by atoms with E-state index in [1.54, 1.807) is 41.3 Å². The zero-order valence-corrected chi connectivity index (χ0v) is 19.1. The lowest BCUT2D eigenvalue weighted by Crippen LogP contribution is -2.46. The van der Waals surface area contributed by atoms with Crippen LogP contribution in [0.2, 0.25) is 0 Å². The van der Waals surface area contributed by atoms with Crippen molar-refractivity contribution in [3.05, 3.63) is 95.8 Å². The quantitative estimate of drug-likeness (QED) is 0.562. The highest BCUT2D eigenvalue weighted by atomic mass is 32.2. The fraction of sp³-hybridized carbons (Fsp3) is 0.200. The minimum Gasteiger partial charge on any atom is -0.349 e. The van der Waals surface area contributed by atoms with Crippen LogP contribution < -0.4 is 10.0 Å². The molecule has 0 aromatic heterocycles. The molecule has 4 rings (SSSR count). The van der Waals surface area contributed by atoms with E-state index in [9.17, 15) is 22.4 Å². The number of hydrogen-bond donors (Lipinski definition) is 2. The summed E-state index contributed by atoms with van der Waals surface area (Å²) in [5.74, 6) is -0.882. The zero-order valence-electron chi connectivity index (χ0n) is 18.3. The fourth-order valence-corrected chi connectivity index (χ4v) is 4.88. The first-order chi connectivity index (χ1) is 16.3. The molecule has 0 radical (unpaired) electrons. The minimum atomic E-state index is -3.76. The number of nitrogens with zero attached hydrogens (tertiary/aromatic N) is 1. The van der Waals surface area contributed by atoms with E-state index in [1.807, 2.05) is 0 Å². The predicted octanol–water partition coefficient (Wildman–Crippen LogP) is 3.66. The van der Waals surface area contributed by atoms with Crippen molar-refractivity contribution in [1.82, 2.24) is 10.2 Å². The topological polar surface area (TPSA) is 95.6 Å². The predicted molar refractivity (Wildman–Crippen MR) is 126 cm³/mol. The molecule has 0 saturated carbocycles. The molecule has 0 atom stereocenters. The van der Waals surface area contributed by atoms with Crippen molar-refractivity contribution in [2.45, 2.75) is 23.8 Å². The molecular weight excluding hydrogens is 457 g/mol. The number of piperidine rings is 1. The normalized spacial score (nSPS) is 14.4. The molecule has 0 aliphatic carbocycles. The molecule has 0 unspecified atom stereocenters. The number of anilines is 1. The lowest BCUT2D eigenvalue weighted by atomic mass is 10.0. The van der Waals surface area contributed by atoms with Crippen molar-refractivity contribution < 1.29 is 22.4 Å². The van der Waals surface area contributed by atoms with Crippen LogP contribution in [-0.4, -0.2) is 44.3 Å². The van der Waals surface area contributed by atoms with Crippen molar-refractivity contribution in [1.29, 1.82) is 0 Å².